The van der Waals surface area contributed by atoms with Crippen LogP contribution in [-0.4, -0.2) is 37.2 Å². The topological polar surface area (TPSA) is 78.9 Å². The number of hydrogen-bond acceptors (Lipinski definition) is 6. The van der Waals surface area contributed by atoms with Gasteiger partial charge in [0.1, 0.15) is 13.2 Å². The summed E-state index contributed by atoms with van der Waals surface area (Å²) in [5, 5.41) is 0. The fraction of sp³-hybridized carbons (Fsp3) is 0.877. The van der Waals surface area contributed by atoms with Crippen molar-refractivity contribution in [3.63, 3.8) is 0 Å². The molecule has 0 aliphatic rings. The Bertz CT molecular complexity index is 1320. The molecule has 0 saturated heterocycles. The average molecular weight is 1110 g/mol. The predicted molar refractivity (Wildman–Crippen MR) is 344 cm³/mol. The quantitative estimate of drug-likeness (QED) is 0.0261. The van der Waals surface area contributed by atoms with Crippen molar-refractivity contribution in [2.75, 3.05) is 13.2 Å². The van der Waals surface area contributed by atoms with Gasteiger partial charge in [0, 0.05) is 19.3 Å². The van der Waals surface area contributed by atoms with Crippen molar-refractivity contribution in [3.8, 4) is 0 Å². The zero-order valence-corrected chi connectivity index (χ0v) is 53.4. The maximum Gasteiger partial charge on any atom is 0.306 e. The fourth-order valence-electron chi connectivity index (χ4n) is 10.8. The Kier molecular flexibility index (Phi) is 66.1. The molecule has 0 rings (SSSR count). The minimum atomic E-state index is -0.768. The molecule has 0 heterocycles. The van der Waals surface area contributed by atoms with Crippen LogP contribution in [0.15, 0.2) is 36.5 Å². The molecule has 0 aromatic rings. The lowest BCUT2D eigenvalue weighted by Crippen LogP contribution is -2.30. The van der Waals surface area contributed by atoms with Crippen LogP contribution < -0.4 is 0 Å². The molecular weight excluding hydrogens is 973 g/mol. The molecule has 6 nitrogen and oxygen atoms in total. The largest absolute Gasteiger partial charge is 0.462 e. The van der Waals surface area contributed by atoms with E-state index in [1.165, 1.54) is 283 Å². The highest BCUT2D eigenvalue weighted by Crippen LogP contribution is 2.19. The molecule has 0 aliphatic heterocycles. The number of ether oxygens (including phenoxy) is 3. The van der Waals surface area contributed by atoms with Gasteiger partial charge in [-0.15, -0.1) is 0 Å². The van der Waals surface area contributed by atoms with E-state index in [-0.39, 0.29) is 31.1 Å². The van der Waals surface area contributed by atoms with Crippen LogP contribution in [-0.2, 0) is 28.6 Å². The molecule has 0 bridgehead atoms. The molecule has 1 atom stereocenters. The summed E-state index contributed by atoms with van der Waals surface area (Å²) in [5.74, 6) is -0.834. The summed E-state index contributed by atoms with van der Waals surface area (Å²) in [6.45, 7) is 6.71. The Morgan fingerprint density at radius 1 is 0.253 bits per heavy atom. The summed E-state index contributed by atoms with van der Waals surface area (Å²) in [6.07, 6.45) is 84.5. The smallest absolute Gasteiger partial charge is 0.306 e. The minimum Gasteiger partial charge on any atom is -0.462 e. The minimum absolute atomic E-state index is 0.0650. The molecule has 0 spiro atoms. The first-order valence-electron chi connectivity index (χ1n) is 35.5. The second kappa shape index (κ2) is 68.1. The summed E-state index contributed by atoms with van der Waals surface area (Å²) in [7, 11) is 0. The zero-order chi connectivity index (χ0) is 57.1. The molecule has 0 radical (unpaired) electrons. The van der Waals surface area contributed by atoms with Crippen molar-refractivity contribution >= 4 is 17.9 Å². The number of rotatable bonds is 66. The number of esters is 3. The molecule has 0 N–H and O–H groups in total. The molecule has 0 aliphatic carbocycles. The lowest BCUT2D eigenvalue weighted by Gasteiger charge is -2.18. The monoisotopic (exact) mass is 1110 g/mol. The van der Waals surface area contributed by atoms with Crippen LogP contribution in [0.1, 0.15) is 393 Å². The predicted octanol–water partition coefficient (Wildman–Crippen LogP) is 24.3. The molecule has 0 aromatic carbocycles. The molecule has 464 valence electrons. The molecule has 6 heteroatoms. The van der Waals surface area contributed by atoms with Crippen LogP contribution in [0.25, 0.3) is 0 Å². The fourth-order valence-corrected chi connectivity index (χ4v) is 10.8. The lowest BCUT2D eigenvalue weighted by molar-refractivity contribution is -0.167. The molecular formula is C73H136O6. The Labute approximate surface area is 493 Å². The van der Waals surface area contributed by atoms with Crippen LogP contribution >= 0.6 is 0 Å². The summed E-state index contributed by atoms with van der Waals surface area (Å²) in [5.41, 5.74) is 0. The van der Waals surface area contributed by atoms with E-state index in [1.54, 1.807) is 0 Å². The molecule has 0 fully saturated rings. The van der Waals surface area contributed by atoms with Gasteiger partial charge in [0.15, 0.2) is 6.10 Å². The zero-order valence-electron chi connectivity index (χ0n) is 53.4. The average Bonchev–Trinajstić information content (AvgIpc) is 3.45. The highest BCUT2D eigenvalue weighted by atomic mass is 16.6. The van der Waals surface area contributed by atoms with Crippen molar-refractivity contribution in [3.05, 3.63) is 36.5 Å². The van der Waals surface area contributed by atoms with E-state index in [0.717, 1.165) is 70.6 Å². The van der Waals surface area contributed by atoms with Crippen LogP contribution in [0.4, 0.5) is 0 Å². The normalized spacial score (nSPS) is 12.2. The number of carbonyl (C=O) groups is 3. The summed E-state index contributed by atoms with van der Waals surface area (Å²) >= 11 is 0. The van der Waals surface area contributed by atoms with Gasteiger partial charge >= 0.3 is 17.9 Å². The van der Waals surface area contributed by atoms with Crippen LogP contribution in [0.3, 0.4) is 0 Å². The lowest BCUT2D eigenvalue weighted by atomic mass is 10.0. The van der Waals surface area contributed by atoms with Gasteiger partial charge in [-0.1, -0.05) is 353 Å². The summed E-state index contributed by atoms with van der Waals surface area (Å²) < 4.78 is 17.0. The molecule has 0 amide bonds. The van der Waals surface area contributed by atoms with E-state index in [0.29, 0.717) is 19.3 Å². The maximum absolute atomic E-state index is 12.9. The van der Waals surface area contributed by atoms with Gasteiger partial charge in [0.05, 0.1) is 0 Å². The highest BCUT2D eigenvalue weighted by molar-refractivity contribution is 5.71. The molecule has 79 heavy (non-hydrogen) atoms. The van der Waals surface area contributed by atoms with Crippen LogP contribution in [0, 0.1) is 0 Å². The van der Waals surface area contributed by atoms with Gasteiger partial charge in [-0.2, -0.15) is 0 Å². The second-order valence-corrected chi connectivity index (χ2v) is 24.2. The standard InChI is InChI=1S/C73H136O6/c1-4-7-10-13-16-19-22-25-28-30-31-32-33-34-35-36-37-38-39-40-41-43-45-48-51-54-57-60-63-66-72(75)78-69-70(68-77-71(74)65-62-59-56-53-50-47-44-27-24-21-18-15-12-9-6-3)79-73(76)67-64-61-58-55-52-49-46-42-29-26-23-20-17-14-11-8-5-2/h22,25,30-31,33-34,70H,4-21,23-24,26-29,32,35-69H2,1-3H3/b25-22-,31-30-,34-33-. The maximum atomic E-state index is 12.9. The van der Waals surface area contributed by atoms with Gasteiger partial charge in [-0.05, 0) is 57.8 Å². The van der Waals surface area contributed by atoms with Crippen molar-refractivity contribution in [1.82, 2.24) is 0 Å². The van der Waals surface area contributed by atoms with Crippen LogP contribution in [0.5, 0.6) is 0 Å². The third kappa shape index (κ3) is 66.3. The number of unbranched alkanes of at least 4 members (excludes halogenated alkanes) is 49. The van der Waals surface area contributed by atoms with Gasteiger partial charge < -0.3 is 14.2 Å². The molecule has 0 saturated carbocycles. The third-order valence-electron chi connectivity index (χ3n) is 16.1. The molecule has 1 unspecified atom stereocenters. The van der Waals surface area contributed by atoms with Gasteiger partial charge in [-0.25, -0.2) is 0 Å². The Morgan fingerprint density at radius 3 is 0.709 bits per heavy atom. The van der Waals surface area contributed by atoms with Crippen LogP contribution in [0.2, 0.25) is 0 Å². The van der Waals surface area contributed by atoms with Crippen molar-refractivity contribution < 1.29 is 28.6 Å². The van der Waals surface area contributed by atoms with E-state index < -0.39 is 6.10 Å². The third-order valence-corrected chi connectivity index (χ3v) is 16.1. The SMILES string of the molecule is CCCCCCC/C=C\C/C=C\C/C=C\CCCCCCCCCCCCCCCCC(=O)OCC(COC(=O)CCCCCCCCCCCCCCCCC)OC(=O)CCCCCCCCCCCCCCCCCCC. The van der Waals surface area contributed by atoms with E-state index >= 15 is 0 Å². The first-order chi connectivity index (χ1) is 39.0. The second-order valence-electron chi connectivity index (χ2n) is 24.2. The first kappa shape index (κ1) is 76.6. The van der Waals surface area contributed by atoms with Gasteiger partial charge in [-0.3, -0.25) is 14.4 Å². The number of hydrogen-bond donors (Lipinski definition) is 0. The Morgan fingerprint density at radius 2 is 0.456 bits per heavy atom. The molecule has 0 aromatic heterocycles. The van der Waals surface area contributed by atoms with Crippen molar-refractivity contribution in [2.24, 2.45) is 0 Å². The van der Waals surface area contributed by atoms with E-state index in [2.05, 4.69) is 57.2 Å². The number of carbonyl (C=O) groups excluding carboxylic acids is 3. The van der Waals surface area contributed by atoms with E-state index in [4.69, 9.17) is 14.2 Å². The van der Waals surface area contributed by atoms with Gasteiger partial charge in [0.2, 0.25) is 0 Å². The first-order valence-corrected chi connectivity index (χ1v) is 35.5. The summed E-state index contributed by atoms with van der Waals surface area (Å²) in [6, 6.07) is 0. The Balaban J connectivity index is 4.21. The van der Waals surface area contributed by atoms with Crippen molar-refractivity contribution in [1.29, 1.82) is 0 Å². The van der Waals surface area contributed by atoms with Crippen molar-refractivity contribution in [2.45, 2.75) is 399 Å². The van der Waals surface area contributed by atoms with Gasteiger partial charge in [0.25, 0.3) is 0 Å². The number of allylic oxidation sites excluding steroid dienone is 6. The van der Waals surface area contributed by atoms with E-state index in [1.807, 2.05) is 0 Å². The van der Waals surface area contributed by atoms with E-state index in [9.17, 15) is 14.4 Å². The Hall–Kier alpha value is -2.37. The summed E-state index contributed by atoms with van der Waals surface area (Å²) in [4.78, 5) is 38.4. The highest BCUT2D eigenvalue weighted by Gasteiger charge is 2.19.